The van der Waals surface area contributed by atoms with Crippen molar-refractivity contribution in [1.29, 1.82) is 0 Å². The Morgan fingerprint density at radius 2 is 1.81 bits per heavy atom. The van der Waals surface area contributed by atoms with Crippen molar-refractivity contribution in [2.24, 2.45) is 4.99 Å². The topological polar surface area (TPSA) is 125 Å². The summed E-state index contributed by atoms with van der Waals surface area (Å²) in [6.45, 7) is 5.86. The molecule has 2 amide bonds. The summed E-state index contributed by atoms with van der Waals surface area (Å²) >= 11 is 0. The molecule has 11 heteroatoms. The number of hydrogen-bond acceptors (Lipinski definition) is 7. The van der Waals surface area contributed by atoms with Crippen molar-refractivity contribution in [1.82, 2.24) is 15.0 Å². The van der Waals surface area contributed by atoms with Gasteiger partial charge in [-0.15, -0.1) is 0 Å². The van der Waals surface area contributed by atoms with Crippen LogP contribution in [-0.2, 0) is 21.4 Å². The van der Waals surface area contributed by atoms with Crippen LogP contribution in [0.1, 0.15) is 79.0 Å². The van der Waals surface area contributed by atoms with Crippen LogP contribution in [0.15, 0.2) is 56.9 Å². The molecule has 1 aliphatic carbocycles. The van der Waals surface area contributed by atoms with Crippen LogP contribution in [0.4, 0.5) is 5.88 Å². The van der Waals surface area contributed by atoms with E-state index >= 15 is 0 Å². The number of nitrogens with one attached hydrogen (secondary N) is 1. The Hall–Kier alpha value is -3.99. The summed E-state index contributed by atoms with van der Waals surface area (Å²) in [7, 11) is -0.798. The van der Waals surface area contributed by atoms with Crippen LogP contribution in [0.5, 0.6) is 0 Å². The van der Waals surface area contributed by atoms with Gasteiger partial charge in [0, 0.05) is 37.2 Å². The molecular formula is C32H39N5O5S. The Balaban J connectivity index is 1.53. The molecule has 1 saturated carbocycles. The van der Waals surface area contributed by atoms with Crippen LogP contribution >= 0.6 is 0 Å². The number of aliphatic imine (C=N–C) groups is 1. The number of aryl methyl sites for hydroxylation is 1. The molecule has 2 heterocycles. The number of aromatic nitrogens is 1. The van der Waals surface area contributed by atoms with Gasteiger partial charge in [-0.05, 0) is 56.4 Å². The summed E-state index contributed by atoms with van der Waals surface area (Å²) in [5.74, 6) is 0.626. The molecule has 3 aromatic rings. The molecule has 1 aliphatic heterocycles. The maximum Gasteiger partial charge on any atom is 0.264 e. The standard InChI is InChI=1S/C32H39N5O5S/c1-6-7-14-28-33-32(17-10-11-18-32)31(39)37(28)20-23-15-16-24(26(19-23)30(38)36(4)5)25-12-8-9-13-27(25)43(40,41)35-29-21(2)22(3)34-42-29/h8-9,12-13,15-16,19,35H,6-7,10-11,14,17-18,20H2,1-5H3. The van der Waals surface area contributed by atoms with E-state index in [4.69, 9.17) is 9.52 Å². The summed E-state index contributed by atoms with van der Waals surface area (Å²) in [6, 6.07) is 11.9. The lowest BCUT2D eigenvalue weighted by Gasteiger charge is -2.24. The summed E-state index contributed by atoms with van der Waals surface area (Å²) in [5, 5.41) is 3.84. The van der Waals surface area contributed by atoms with Gasteiger partial charge in [-0.3, -0.25) is 19.5 Å². The van der Waals surface area contributed by atoms with Gasteiger partial charge in [0.15, 0.2) is 0 Å². The Kier molecular flexibility index (Phi) is 8.47. The molecule has 0 unspecified atom stereocenters. The average molecular weight is 606 g/mol. The van der Waals surface area contributed by atoms with Gasteiger partial charge in [-0.1, -0.05) is 61.7 Å². The van der Waals surface area contributed by atoms with Gasteiger partial charge < -0.3 is 9.42 Å². The molecule has 1 spiro atoms. The number of carbonyl (C=O) groups is 2. The molecule has 1 N–H and O–H groups in total. The number of amides is 2. The van der Waals surface area contributed by atoms with Gasteiger partial charge in [-0.2, -0.15) is 0 Å². The van der Waals surface area contributed by atoms with Crippen LogP contribution in [-0.4, -0.2) is 60.7 Å². The third-order valence-corrected chi connectivity index (χ3v) is 9.78. The molecule has 0 bridgehead atoms. The highest BCUT2D eigenvalue weighted by Crippen LogP contribution is 2.40. The second-order valence-electron chi connectivity index (χ2n) is 11.7. The second kappa shape index (κ2) is 11.9. The number of unbranched alkanes of at least 4 members (excludes halogenated alkanes) is 1. The number of anilines is 1. The SMILES string of the molecule is CCCCC1=NC2(CCCC2)C(=O)N1Cc1ccc(-c2ccccc2S(=O)(=O)Nc2onc(C)c2C)c(C(=O)N(C)C)c1. The number of nitrogens with zero attached hydrogens (tertiary/aromatic N) is 4. The predicted octanol–water partition coefficient (Wildman–Crippen LogP) is 5.70. The van der Waals surface area contributed by atoms with E-state index in [0.29, 0.717) is 34.5 Å². The van der Waals surface area contributed by atoms with Crippen molar-refractivity contribution >= 4 is 33.6 Å². The minimum Gasteiger partial charge on any atom is -0.345 e. The fourth-order valence-electron chi connectivity index (χ4n) is 5.83. The Morgan fingerprint density at radius 3 is 2.47 bits per heavy atom. The maximum absolute atomic E-state index is 13.7. The summed E-state index contributed by atoms with van der Waals surface area (Å²) in [5.41, 5.74) is 2.47. The highest BCUT2D eigenvalue weighted by atomic mass is 32.2. The zero-order valence-electron chi connectivity index (χ0n) is 25.4. The molecule has 2 aliphatic rings. The first-order valence-electron chi connectivity index (χ1n) is 14.8. The molecular weight excluding hydrogens is 566 g/mol. The van der Waals surface area contributed by atoms with E-state index in [1.54, 1.807) is 63.2 Å². The number of benzene rings is 2. The van der Waals surface area contributed by atoms with Crippen molar-refractivity contribution in [3.05, 3.63) is 64.8 Å². The lowest BCUT2D eigenvalue weighted by atomic mass is 9.95. The van der Waals surface area contributed by atoms with Crippen LogP contribution in [0.25, 0.3) is 11.1 Å². The Labute approximate surface area is 253 Å². The lowest BCUT2D eigenvalue weighted by molar-refractivity contribution is -0.131. The number of amidine groups is 1. The molecule has 1 fully saturated rings. The maximum atomic E-state index is 13.7. The first kappa shape index (κ1) is 30.5. The van der Waals surface area contributed by atoms with Crippen LogP contribution in [0, 0.1) is 13.8 Å². The minimum absolute atomic E-state index is 0.00381. The van der Waals surface area contributed by atoms with Crippen molar-refractivity contribution in [2.45, 2.75) is 82.7 Å². The number of carbonyl (C=O) groups excluding carboxylic acids is 2. The molecule has 0 radical (unpaired) electrons. The molecule has 43 heavy (non-hydrogen) atoms. The van der Waals surface area contributed by atoms with Gasteiger partial charge in [0.05, 0.1) is 17.1 Å². The minimum atomic E-state index is -4.11. The van der Waals surface area contributed by atoms with E-state index in [9.17, 15) is 18.0 Å². The molecule has 0 saturated heterocycles. The van der Waals surface area contributed by atoms with Crippen LogP contribution < -0.4 is 4.72 Å². The van der Waals surface area contributed by atoms with E-state index in [0.717, 1.165) is 56.3 Å². The van der Waals surface area contributed by atoms with Crippen LogP contribution in [0.2, 0.25) is 0 Å². The normalized spacial score (nSPS) is 16.2. The number of rotatable bonds is 10. The fourth-order valence-corrected chi connectivity index (χ4v) is 7.10. The summed E-state index contributed by atoms with van der Waals surface area (Å²) < 4.78 is 34.9. The predicted molar refractivity (Wildman–Crippen MR) is 165 cm³/mol. The zero-order valence-corrected chi connectivity index (χ0v) is 26.3. The molecule has 0 atom stereocenters. The molecule has 1 aromatic heterocycles. The zero-order chi connectivity index (χ0) is 30.9. The van der Waals surface area contributed by atoms with Crippen molar-refractivity contribution in [3.8, 4) is 11.1 Å². The van der Waals surface area contributed by atoms with E-state index in [-0.39, 0.29) is 22.6 Å². The first-order valence-corrected chi connectivity index (χ1v) is 16.3. The number of sulfonamides is 1. The van der Waals surface area contributed by atoms with Crippen LogP contribution in [0.3, 0.4) is 0 Å². The molecule has 228 valence electrons. The quantitative estimate of drug-likeness (QED) is 0.316. The highest BCUT2D eigenvalue weighted by molar-refractivity contribution is 7.92. The average Bonchev–Trinajstić information content (AvgIpc) is 3.66. The van der Waals surface area contributed by atoms with E-state index in [1.165, 1.54) is 11.0 Å². The van der Waals surface area contributed by atoms with Gasteiger partial charge in [-0.25, -0.2) is 13.1 Å². The van der Waals surface area contributed by atoms with E-state index in [2.05, 4.69) is 16.8 Å². The molecule has 10 nitrogen and oxygen atoms in total. The Bertz CT molecular complexity index is 1690. The van der Waals surface area contributed by atoms with Crippen molar-refractivity contribution < 1.29 is 22.5 Å². The highest BCUT2D eigenvalue weighted by Gasteiger charge is 2.49. The third-order valence-electron chi connectivity index (χ3n) is 8.39. The van der Waals surface area contributed by atoms with E-state index in [1.807, 2.05) is 6.07 Å². The fraction of sp³-hybridized carbons (Fsp3) is 0.438. The first-order chi connectivity index (χ1) is 20.5. The summed E-state index contributed by atoms with van der Waals surface area (Å²) in [4.78, 5) is 35.5. The van der Waals surface area contributed by atoms with Gasteiger partial charge in [0.25, 0.3) is 21.8 Å². The lowest BCUT2D eigenvalue weighted by Crippen LogP contribution is -2.40. The van der Waals surface area contributed by atoms with Crippen molar-refractivity contribution in [3.63, 3.8) is 0 Å². The van der Waals surface area contributed by atoms with Crippen molar-refractivity contribution in [2.75, 3.05) is 18.8 Å². The number of hydrogen-bond donors (Lipinski definition) is 1. The van der Waals surface area contributed by atoms with E-state index < -0.39 is 15.6 Å². The monoisotopic (exact) mass is 605 g/mol. The van der Waals surface area contributed by atoms with Gasteiger partial charge >= 0.3 is 0 Å². The Morgan fingerprint density at radius 1 is 1.09 bits per heavy atom. The second-order valence-corrected chi connectivity index (χ2v) is 13.3. The van der Waals surface area contributed by atoms with Gasteiger partial charge in [0.2, 0.25) is 5.88 Å². The molecule has 5 rings (SSSR count). The van der Waals surface area contributed by atoms with Gasteiger partial charge in [0.1, 0.15) is 11.4 Å². The largest absolute Gasteiger partial charge is 0.345 e. The smallest absolute Gasteiger partial charge is 0.264 e. The summed E-state index contributed by atoms with van der Waals surface area (Å²) in [6.07, 6.45) is 6.20. The third kappa shape index (κ3) is 5.82. The molecule has 2 aromatic carbocycles.